The van der Waals surface area contributed by atoms with E-state index in [1.807, 2.05) is 10.6 Å². The fourth-order valence-electron chi connectivity index (χ4n) is 4.39. The summed E-state index contributed by atoms with van der Waals surface area (Å²) in [7, 11) is 0. The molecule has 0 atom stereocenters. The second-order valence-electron chi connectivity index (χ2n) is 7.69. The molecule has 1 fully saturated rings. The van der Waals surface area contributed by atoms with Gasteiger partial charge in [-0.1, -0.05) is 0 Å². The van der Waals surface area contributed by atoms with Gasteiger partial charge in [0.25, 0.3) is 0 Å². The summed E-state index contributed by atoms with van der Waals surface area (Å²) < 4.78 is 29.4. The molecule has 0 unspecified atom stereocenters. The molecule has 2 aliphatic rings. The lowest BCUT2D eigenvalue weighted by Gasteiger charge is -2.41. The SMILES string of the molecule is Fc1ccc2[nH]c(C3CN(c4c5c(nc6ccnn46)CCNCC5)C3)nc2c1F. The Kier molecular flexibility index (Phi) is 3.61. The number of aromatic nitrogens is 5. The van der Waals surface area contributed by atoms with E-state index < -0.39 is 11.6 Å². The molecule has 9 heteroatoms. The number of rotatable bonds is 2. The van der Waals surface area contributed by atoms with E-state index in [1.54, 1.807) is 6.20 Å². The van der Waals surface area contributed by atoms with Crippen LogP contribution in [0.2, 0.25) is 0 Å². The third kappa shape index (κ3) is 2.53. The number of nitrogens with zero attached hydrogens (tertiary/aromatic N) is 5. The van der Waals surface area contributed by atoms with E-state index in [0.717, 1.165) is 62.2 Å². The summed E-state index contributed by atoms with van der Waals surface area (Å²) in [6.07, 6.45) is 3.58. The molecule has 2 aliphatic heterocycles. The standard InChI is InChI=1S/C20H19F2N7/c21-13-1-2-15-18(17(13)22)27-19(26-15)11-9-28(10-11)20-12-3-6-23-7-4-14(12)25-16-5-8-24-29(16)20/h1-2,5,8,11,23H,3-4,6-7,9-10H2,(H,26,27). The Morgan fingerprint density at radius 3 is 2.79 bits per heavy atom. The van der Waals surface area contributed by atoms with Crippen molar-refractivity contribution in [1.82, 2.24) is 29.9 Å². The number of benzene rings is 1. The van der Waals surface area contributed by atoms with Crippen molar-refractivity contribution in [2.75, 3.05) is 31.1 Å². The number of aromatic amines is 1. The molecule has 29 heavy (non-hydrogen) atoms. The maximum Gasteiger partial charge on any atom is 0.186 e. The monoisotopic (exact) mass is 395 g/mol. The number of halogens is 2. The molecule has 2 N–H and O–H groups in total. The lowest BCUT2D eigenvalue weighted by molar-refractivity contribution is 0.492. The Balaban J connectivity index is 1.35. The number of hydrogen-bond donors (Lipinski definition) is 2. The van der Waals surface area contributed by atoms with Crippen LogP contribution in [0, 0.1) is 11.6 Å². The molecule has 0 amide bonds. The van der Waals surface area contributed by atoms with E-state index in [1.165, 1.54) is 11.6 Å². The summed E-state index contributed by atoms with van der Waals surface area (Å²) in [6.45, 7) is 3.32. The van der Waals surface area contributed by atoms with Crippen LogP contribution in [0.25, 0.3) is 16.7 Å². The number of anilines is 1. The molecule has 0 aliphatic carbocycles. The number of H-pyrrole nitrogens is 1. The van der Waals surface area contributed by atoms with Crippen LogP contribution in [0.15, 0.2) is 24.4 Å². The molecule has 0 spiro atoms. The van der Waals surface area contributed by atoms with Crippen LogP contribution in [0.3, 0.4) is 0 Å². The Morgan fingerprint density at radius 2 is 1.90 bits per heavy atom. The van der Waals surface area contributed by atoms with E-state index in [0.29, 0.717) is 11.3 Å². The lowest BCUT2D eigenvalue weighted by atomic mass is 9.97. The van der Waals surface area contributed by atoms with Crippen molar-refractivity contribution in [2.45, 2.75) is 18.8 Å². The minimum Gasteiger partial charge on any atom is -0.355 e. The second-order valence-corrected chi connectivity index (χ2v) is 7.69. The van der Waals surface area contributed by atoms with Crippen molar-refractivity contribution in [2.24, 2.45) is 0 Å². The second kappa shape index (κ2) is 6.21. The van der Waals surface area contributed by atoms with Gasteiger partial charge in [0.2, 0.25) is 0 Å². The van der Waals surface area contributed by atoms with Gasteiger partial charge in [-0.15, -0.1) is 0 Å². The van der Waals surface area contributed by atoms with Crippen molar-refractivity contribution in [1.29, 1.82) is 0 Å². The maximum absolute atomic E-state index is 14.0. The van der Waals surface area contributed by atoms with Gasteiger partial charge >= 0.3 is 0 Å². The van der Waals surface area contributed by atoms with Gasteiger partial charge in [-0.05, 0) is 25.1 Å². The number of fused-ring (bicyclic) bond motifs is 3. The summed E-state index contributed by atoms with van der Waals surface area (Å²) in [4.78, 5) is 14.6. The van der Waals surface area contributed by atoms with E-state index >= 15 is 0 Å². The molecule has 3 aromatic heterocycles. The fraction of sp³-hybridized carbons (Fsp3) is 0.350. The zero-order valence-corrected chi connectivity index (χ0v) is 15.6. The highest BCUT2D eigenvalue weighted by Gasteiger charge is 2.35. The minimum absolute atomic E-state index is 0.0665. The zero-order chi connectivity index (χ0) is 19.5. The summed E-state index contributed by atoms with van der Waals surface area (Å²) in [5, 5.41) is 7.92. The van der Waals surface area contributed by atoms with Crippen LogP contribution in [-0.4, -0.2) is 50.7 Å². The number of imidazole rings is 1. The summed E-state index contributed by atoms with van der Waals surface area (Å²) in [5.74, 6) is 0.136. The van der Waals surface area contributed by atoms with Crippen LogP contribution >= 0.6 is 0 Å². The smallest absolute Gasteiger partial charge is 0.186 e. The van der Waals surface area contributed by atoms with Gasteiger partial charge in [0.1, 0.15) is 17.2 Å². The first kappa shape index (κ1) is 16.8. The van der Waals surface area contributed by atoms with Crippen LogP contribution < -0.4 is 10.2 Å². The summed E-state index contributed by atoms with van der Waals surface area (Å²) in [5.41, 5.74) is 3.81. The first-order chi connectivity index (χ1) is 14.2. The molecule has 148 valence electrons. The third-order valence-corrected chi connectivity index (χ3v) is 5.91. The van der Waals surface area contributed by atoms with E-state index in [9.17, 15) is 8.78 Å². The minimum atomic E-state index is -0.897. The van der Waals surface area contributed by atoms with Gasteiger partial charge in [0, 0.05) is 37.7 Å². The van der Waals surface area contributed by atoms with Gasteiger partial charge in [0.05, 0.1) is 23.3 Å². The molecule has 4 aromatic rings. The molecule has 5 heterocycles. The van der Waals surface area contributed by atoms with Crippen molar-refractivity contribution in [3.8, 4) is 0 Å². The van der Waals surface area contributed by atoms with Gasteiger partial charge in [-0.25, -0.2) is 18.7 Å². The molecular formula is C20H19F2N7. The molecule has 0 bridgehead atoms. The maximum atomic E-state index is 14.0. The Morgan fingerprint density at radius 1 is 1.03 bits per heavy atom. The summed E-state index contributed by atoms with van der Waals surface area (Å²) in [6, 6.07) is 4.58. The molecule has 0 radical (unpaired) electrons. The molecule has 6 rings (SSSR count). The van der Waals surface area contributed by atoms with Crippen LogP contribution in [0.5, 0.6) is 0 Å². The number of hydrogen-bond acceptors (Lipinski definition) is 5. The highest BCUT2D eigenvalue weighted by atomic mass is 19.2. The quantitative estimate of drug-likeness (QED) is 0.544. The Hall–Kier alpha value is -3.07. The first-order valence-corrected chi connectivity index (χ1v) is 9.84. The zero-order valence-electron chi connectivity index (χ0n) is 15.6. The van der Waals surface area contributed by atoms with Gasteiger partial charge in [-0.2, -0.15) is 9.61 Å². The number of nitrogens with one attached hydrogen (secondary N) is 2. The van der Waals surface area contributed by atoms with Crippen molar-refractivity contribution < 1.29 is 8.78 Å². The first-order valence-electron chi connectivity index (χ1n) is 9.84. The van der Waals surface area contributed by atoms with Crippen molar-refractivity contribution in [3.05, 3.63) is 53.1 Å². The van der Waals surface area contributed by atoms with Crippen LogP contribution in [-0.2, 0) is 12.8 Å². The Bertz CT molecular complexity index is 1240. The largest absolute Gasteiger partial charge is 0.355 e. The van der Waals surface area contributed by atoms with Crippen LogP contribution in [0.4, 0.5) is 14.6 Å². The fourth-order valence-corrected chi connectivity index (χ4v) is 4.39. The van der Waals surface area contributed by atoms with Gasteiger partial charge in [0.15, 0.2) is 17.3 Å². The molecule has 0 saturated carbocycles. The summed E-state index contributed by atoms with van der Waals surface area (Å²) >= 11 is 0. The third-order valence-electron chi connectivity index (χ3n) is 5.91. The average Bonchev–Trinajstić information content (AvgIpc) is 3.25. The highest BCUT2D eigenvalue weighted by Crippen LogP contribution is 2.35. The van der Waals surface area contributed by atoms with Gasteiger partial charge in [-0.3, -0.25) is 0 Å². The van der Waals surface area contributed by atoms with E-state index in [-0.39, 0.29) is 11.4 Å². The lowest BCUT2D eigenvalue weighted by Crippen LogP contribution is -2.47. The molecule has 1 saturated heterocycles. The van der Waals surface area contributed by atoms with Crippen LogP contribution in [0.1, 0.15) is 23.0 Å². The molecule has 1 aromatic carbocycles. The molecular weight excluding hydrogens is 376 g/mol. The van der Waals surface area contributed by atoms with E-state index in [4.69, 9.17) is 4.98 Å². The van der Waals surface area contributed by atoms with E-state index in [2.05, 4.69) is 25.3 Å². The molecule has 7 nitrogen and oxygen atoms in total. The highest BCUT2D eigenvalue weighted by molar-refractivity contribution is 5.76. The van der Waals surface area contributed by atoms with Crippen molar-refractivity contribution >= 4 is 22.5 Å². The van der Waals surface area contributed by atoms with Crippen molar-refractivity contribution in [3.63, 3.8) is 0 Å². The van der Waals surface area contributed by atoms with Gasteiger partial charge < -0.3 is 15.2 Å². The predicted molar refractivity (Wildman–Crippen MR) is 104 cm³/mol. The predicted octanol–water partition coefficient (Wildman–Crippen LogP) is 2.18. The normalized spacial score (nSPS) is 17.5. The Labute approximate surface area is 164 Å². The topological polar surface area (TPSA) is 74.1 Å². The average molecular weight is 395 g/mol.